The maximum atomic E-state index is 13.9. The van der Waals surface area contributed by atoms with E-state index in [1.807, 2.05) is 0 Å². The van der Waals surface area contributed by atoms with Gasteiger partial charge in [-0.1, -0.05) is 23.7 Å². The minimum atomic E-state index is -0.664. The maximum Gasteiger partial charge on any atom is 0.169 e. The molecule has 0 aromatic heterocycles. The monoisotopic (exact) mass is 297 g/mol. The first-order valence-corrected chi connectivity index (χ1v) is 6.38. The number of nitrogen functional groups attached to an aromatic ring is 2. The van der Waals surface area contributed by atoms with Gasteiger partial charge in [-0.3, -0.25) is 0 Å². The topological polar surface area (TPSA) is 64.1 Å². The summed E-state index contributed by atoms with van der Waals surface area (Å²) in [5, 5.41) is 2.73. The average Bonchev–Trinajstić information content (AvgIpc) is 2.42. The van der Waals surface area contributed by atoms with Crippen LogP contribution < -0.4 is 16.8 Å². The summed E-state index contributed by atoms with van der Waals surface area (Å²) in [6, 6.07) is 7.51. The lowest BCUT2D eigenvalue weighted by Crippen LogP contribution is -2.09. The summed E-state index contributed by atoms with van der Waals surface area (Å²) in [5.41, 5.74) is 12.6. The molecule has 0 unspecified atom stereocenters. The number of hydrogen-bond acceptors (Lipinski definition) is 3. The van der Waals surface area contributed by atoms with Gasteiger partial charge in [-0.05, 0) is 30.2 Å². The number of benzene rings is 2. The number of nitrogens with two attached hydrogens (primary N) is 2. The SMILES string of the molecule is Nc1cc(N)c(NCCc2ccc(F)cc2)c(F)c1Cl. The lowest BCUT2D eigenvalue weighted by atomic mass is 10.1. The molecule has 0 aliphatic carbocycles. The molecule has 0 fully saturated rings. The van der Waals surface area contributed by atoms with Crippen molar-refractivity contribution in [1.82, 2.24) is 0 Å². The van der Waals surface area contributed by atoms with Crippen LogP contribution in [-0.2, 0) is 6.42 Å². The third-order valence-electron chi connectivity index (χ3n) is 2.89. The molecule has 0 saturated heterocycles. The third-order valence-corrected chi connectivity index (χ3v) is 3.28. The smallest absolute Gasteiger partial charge is 0.169 e. The van der Waals surface area contributed by atoms with Gasteiger partial charge >= 0.3 is 0 Å². The van der Waals surface area contributed by atoms with Crippen molar-refractivity contribution in [2.45, 2.75) is 6.42 Å². The second-order valence-corrected chi connectivity index (χ2v) is 4.74. The van der Waals surface area contributed by atoms with Crippen molar-refractivity contribution in [2.24, 2.45) is 0 Å². The predicted octanol–water partition coefficient (Wildman–Crippen LogP) is 3.44. The number of nitrogens with one attached hydrogen (secondary N) is 1. The van der Waals surface area contributed by atoms with Gasteiger partial charge in [-0.15, -0.1) is 0 Å². The quantitative estimate of drug-likeness (QED) is 0.758. The van der Waals surface area contributed by atoms with Gasteiger partial charge in [0.15, 0.2) is 5.82 Å². The zero-order chi connectivity index (χ0) is 14.7. The van der Waals surface area contributed by atoms with Crippen LogP contribution in [0.4, 0.5) is 25.8 Å². The fourth-order valence-corrected chi connectivity index (χ4v) is 1.98. The van der Waals surface area contributed by atoms with Gasteiger partial charge in [0.2, 0.25) is 0 Å². The van der Waals surface area contributed by atoms with E-state index in [4.69, 9.17) is 23.1 Å². The van der Waals surface area contributed by atoms with Crippen LogP contribution in [0.5, 0.6) is 0 Å². The number of rotatable bonds is 4. The van der Waals surface area contributed by atoms with Gasteiger partial charge in [0.05, 0.1) is 17.1 Å². The fourth-order valence-electron chi connectivity index (χ4n) is 1.83. The highest BCUT2D eigenvalue weighted by atomic mass is 35.5. The van der Waals surface area contributed by atoms with E-state index in [-0.39, 0.29) is 27.9 Å². The van der Waals surface area contributed by atoms with Crippen LogP contribution in [0, 0.1) is 11.6 Å². The lowest BCUT2D eigenvalue weighted by molar-refractivity contribution is 0.627. The summed E-state index contributed by atoms with van der Waals surface area (Å²) in [7, 11) is 0. The molecule has 6 heteroatoms. The number of anilines is 3. The highest BCUT2D eigenvalue weighted by Crippen LogP contribution is 2.33. The first kappa shape index (κ1) is 14.4. The van der Waals surface area contributed by atoms with Gasteiger partial charge in [0.1, 0.15) is 10.8 Å². The second kappa shape index (κ2) is 5.96. The van der Waals surface area contributed by atoms with Crippen LogP contribution in [0.25, 0.3) is 0 Å². The Hall–Kier alpha value is -2.01. The van der Waals surface area contributed by atoms with Crippen molar-refractivity contribution in [2.75, 3.05) is 23.3 Å². The standard InChI is InChI=1S/C14H14ClF2N3/c15-12-10(18)7-11(19)14(13(12)17)20-6-5-8-1-3-9(16)4-2-8/h1-4,7,20H,5-6,18-19H2. The highest BCUT2D eigenvalue weighted by molar-refractivity contribution is 6.33. The molecule has 0 aliphatic rings. The van der Waals surface area contributed by atoms with Crippen molar-refractivity contribution in [3.05, 3.63) is 52.6 Å². The summed E-state index contributed by atoms with van der Waals surface area (Å²) < 4.78 is 26.7. The van der Waals surface area contributed by atoms with Crippen LogP contribution in [0.15, 0.2) is 30.3 Å². The fraction of sp³-hybridized carbons (Fsp3) is 0.143. The zero-order valence-electron chi connectivity index (χ0n) is 10.6. The normalized spacial score (nSPS) is 10.6. The van der Waals surface area contributed by atoms with Crippen molar-refractivity contribution >= 4 is 28.7 Å². The molecule has 2 aromatic rings. The van der Waals surface area contributed by atoms with E-state index in [1.165, 1.54) is 18.2 Å². The van der Waals surface area contributed by atoms with Crippen molar-refractivity contribution < 1.29 is 8.78 Å². The third kappa shape index (κ3) is 3.11. The van der Waals surface area contributed by atoms with Crippen LogP contribution in [0.2, 0.25) is 5.02 Å². The second-order valence-electron chi connectivity index (χ2n) is 4.36. The Kier molecular flexibility index (Phi) is 4.29. The van der Waals surface area contributed by atoms with Gasteiger partial charge in [-0.25, -0.2) is 8.78 Å². The molecule has 2 aromatic carbocycles. The minimum Gasteiger partial charge on any atom is -0.397 e. The Bertz CT molecular complexity index is 615. The molecular formula is C14H14ClF2N3. The summed E-state index contributed by atoms with van der Waals surface area (Å²) >= 11 is 5.73. The van der Waals surface area contributed by atoms with Crippen molar-refractivity contribution in [3.63, 3.8) is 0 Å². The van der Waals surface area contributed by atoms with Crippen molar-refractivity contribution in [3.8, 4) is 0 Å². The Balaban J connectivity index is 2.04. The Morgan fingerprint density at radius 1 is 1.05 bits per heavy atom. The molecular weight excluding hydrogens is 284 g/mol. The van der Waals surface area contributed by atoms with E-state index in [0.29, 0.717) is 13.0 Å². The molecule has 0 amide bonds. The molecule has 0 radical (unpaired) electrons. The first-order valence-electron chi connectivity index (χ1n) is 6.00. The summed E-state index contributed by atoms with van der Waals surface area (Å²) in [4.78, 5) is 0. The van der Waals surface area contributed by atoms with Gasteiger partial charge in [0, 0.05) is 6.54 Å². The van der Waals surface area contributed by atoms with Crippen molar-refractivity contribution in [1.29, 1.82) is 0 Å². The summed E-state index contributed by atoms with van der Waals surface area (Å²) in [6.45, 7) is 0.437. The highest BCUT2D eigenvalue weighted by Gasteiger charge is 2.13. The minimum absolute atomic E-state index is 0.103. The molecule has 0 spiro atoms. The Morgan fingerprint density at radius 3 is 2.35 bits per heavy atom. The van der Waals surface area contributed by atoms with Crippen LogP contribution >= 0.6 is 11.6 Å². The molecule has 0 heterocycles. The van der Waals surface area contributed by atoms with E-state index in [2.05, 4.69) is 5.32 Å². The predicted molar refractivity (Wildman–Crippen MR) is 78.8 cm³/mol. The molecule has 0 bridgehead atoms. The van der Waals surface area contributed by atoms with Gasteiger partial charge < -0.3 is 16.8 Å². The van der Waals surface area contributed by atoms with Crippen LogP contribution in [0.1, 0.15) is 5.56 Å². The van der Waals surface area contributed by atoms with E-state index in [0.717, 1.165) is 5.56 Å². The maximum absolute atomic E-state index is 13.9. The van der Waals surface area contributed by atoms with Crippen LogP contribution in [0.3, 0.4) is 0 Å². The Morgan fingerprint density at radius 2 is 1.70 bits per heavy atom. The average molecular weight is 298 g/mol. The Labute approximate surface area is 120 Å². The summed E-state index contributed by atoms with van der Waals surface area (Å²) in [6.07, 6.45) is 0.598. The molecule has 20 heavy (non-hydrogen) atoms. The van der Waals surface area contributed by atoms with Gasteiger partial charge in [0.25, 0.3) is 0 Å². The molecule has 0 atom stereocenters. The molecule has 3 nitrogen and oxygen atoms in total. The van der Waals surface area contributed by atoms with Crippen LogP contribution in [-0.4, -0.2) is 6.54 Å². The summed E-state index contributed by atoms with van der Waals surface area (Å²) in [5.74, 6) is -0.953. The largest absolute Gasteiger partial charge is 0.397 e. The first-order chi connectivity index (χ1) is 9.49. The molecule has 106 valence electrons. The van der Waals surface area contributed by atoms with E-state index in [9.17, 15) is 8.78 Å². The van der Waals surface area contributed by atoms with E-state index in [1.54, 1.807) is 12.1 Å². The number of halogens is 3. The lowest BCUT2D eigenvalue weighted by Gasteiger charge is -2.13. The number of hydrogen-bond donors (Lipinski definition) is 3. The molecule has 0 saturated carbocycles. The van der Waals surface area contributed by atoms with E-state index >= 15 is 0 Å². The van der Waals surface area contributed by atoms with E-state index < -0.39 is 5.82 Å². The molecule has 2 rings (SSSR count). The zero-order valence-corrected chi connectivity index (χ0v) is 11.3. The van der Waals surface area contributed by atoms with Gasteiger partial charge in [-0.2, -0.15) is 0 Å². The molecule has 0 aliphatic heterocycles. The molecule has 5 N–H and O–H groups in total.